The summed E-state index contributed by atoms with van der Waals surface area (Å²) >= 11 is 0. The number of likely N-dealkylation sites (N-methyl/N-ethyl adjacent to an activating group) is 1. The number of fused-ring (bicyclic) bond motifs is 2. The van der Waals surface area contributed by atoms with Crippen molar-refractivity contribution in [3.05, 3.63) is 70.5 Å². The smallest absolute Gasteiger partial charge is 0.127 e. The summed E-state index contributed by atoms with van der Waals surface area (Å²) in [6, 6.07) is 13.6. The molecule has 3 rings (SSSR count). The third-order valence-electron chi connectivity index (χ3n) is 4.11. The maximum Gasteiger partial charge on any atom is 0.127 e. The molecule has 0 saturated heterocycles. The van der Waals surface area contributed by atoms with Crippen molar-refractivity contribution in [2.45, 2.75) is 12.8 Å². The van der Waals surface area contributed by atoms with Gasteiger partial charge in [-0.2, -0.15) is 0 Å². The number of aryl methyl sites for hydroxylation is 1. The van der Waals surface area contributed by atoms with Gasteiger partial charge in [0.25, 0.3) is 0 Å². The van der Waals surface area contributed by atoms with Gasteiger partial charge in [-0.15, -0.1) is 0 Å². The Labute approximate surface area is 131 Å². The van der Waals surface area contributed by atoms with Crippen LogP contribution >= 0.6 is 0 Å². The van der Waals surface area contributed by atoms with Crippen LogP contribution in [-0.2, 0) is 12.8 Å². The summed E-state index contributed by atoms with van der Waals surface area (Å²) in [5, 5.41) is 0. The molecule has 3 heteroatoms. The van der Waals surface area contributed by atoms with Gasteiger partial charge >= 0.3 is 0 Å². The molecule has 0 aromatic heterocycles. The molecule has 0 fully saturated rings. The molecule has 2 aromatic rings. The first kappa shape index (κ1) is 14.9. The monoisotopic (exact) mass is 296 g/mol. The van der Waals surface area contributed by atoms with Crippen molar-refractivity contribution in [3.63, 3.8) is 0 Å². The molecule has 0 bridgehead atoms. The average molecular weight is 296 g/mol. The van der Waals surface area contributed by atoms with Crippen LogP contribution in [-0.4, -0.2) is 37.8 Å². The number of hydrogen-bond donors (Lipinski definition) is 0. The van der Waals surface area contributed by atoms with Crippen LogP contribution in [0, 0.1) is 5.82 Å². The van der Waals surface area contributed by atoms with Crippen molar-refractivity contribution < 1.29 is 4.39 Å². The molecule has 2 aromatic carbocycles. The van der Waals surface area contributed by atoms with Crippen LogP contribution in [0.2, 0.25) is 0 Å². The highest BCUT2D eigenvalue weighted by Crippen LogP contribution is 2.26. The summed E-state index contributed by atoms with van der Waals surface area (Å²) in [6.07, 6.45) is 1.59. The zero-order valence-electron chi connectivity index (χ0n) is 13.1. The normalized spacial score (nSPS) is 15.5. The Kier molecular flexibility index (Phi) is 4.34. The van der Waals surface area contributed by atoms with E-state index in [2.05, 4.69) is 17.0 Å². The highest BCUT2D eigenvalue weighted by Gasteiger charge is 2.21. The van der Waals surface area contributed by atoms with Crippen LogP contribution in [0.25, 0.3) is 0 Å². The average Bonchev–Trinajstić information content (AvgIpc) is 2.66. The summed E-state index contributed by atoms with van der Waals surface area (Å²) in [5.41, 5.74) is 5.07. The molecule has 0 heterocycles. The Bertz CT molecular complexity index is 704. The maximum absolute atomic E-state index is 14.2. The van der Waals surface area contributed by atoms with Crippen LogP contribution in [0.5, 0.6) is 0 Å². The number of benzene rings is 2. The Morgan fingerprint density at radius 1 is 1.00 bits per heavy atom. The molecule has 0 saturated carbocycles. The van der Waals surface area contributed by atoms with Crippen molar-refractivity contribution in [1.82, 2.24) is 4.90 Å². The quantitative estimate of drug-likeness (QED) is 0.848. The largest absolute Gasteiger partial charge is 0.308 e. The van der Waals surface area contributed by atoms with Crippen LogP contribution in [0.4, 0.5) is 4.39 Å². The third kappa shape index (κ3) is 2.95. The van der Waals surface area contributed by atoms with Crippen molar-refractivity contribution >= 4 is 5.71 Å². The minimum Gasteiger partial charge on any atom is -0.308 e. The second-order valence-electron chi connectivity index (χ2n) is 5.96. The fourth-order valence-electron chi connectivity index (χ4n) is 2.94. The van der Waals surface area contributed by atoms with E-state index in [-0.39, 0.29) is 5.82 Å². The van der Waals surface area contributed by atoms with Gasteiger partial charge in [0.2, 0.25) is 0 Å². The van der Waals surface area contributed by atoms with E-state index in [0.717, 1.165) is 41.8 Å². The summed E-state index contributed by atoms with van der Waals surface area (Å²) in [5.74, 6) is -0.120. The molecule has 0 N–H and O–H groups in total. The fourth-order valence-corrected chi connectivity index (χ4v) is 2.94. The second-order valence-corrected chi connectivity index (χ2v) is 5.96. The van der Waals surface area contributed by atoms with E-state index in [4.69, 9.17) is 4.99 Å². The number of hydrogen-bond acceptors (Lipinski definition) is 2. The van der Waals surface area contributed by atoms with E-state index in [0.29, 0.717) is 6.54 Å². The van der Waals surface area contributed by atoms with Crippen LogP contribution in [0.1, 0.15) is 22.3 Å². The second kappa shape index (κ2) is 6.41. The summed E-state index contributed by atoms with van der Waals surface area (Å²) in [6.45, 7) is 1.60. The van der Waals surface area contributed by atoms with Crippen molar-refractivity contribution in [1.29, 1.82) is 0 Å². The van der Waals surface area contributed by atoms with E-state index in [1.54, 1.807) is 12.1 Å². The van der Waals surface area contributed by atoms with Crippen molar-refractivity contribution in [2.75, 3.05) is 27.2 Å². The molecule has 0 amide bonds. The van der Waals surface area contributed by atoms with Crippen LogP contribution < -0.4 is 0 Å². The zero-order valence-corrected chi connectivity index (χ0v) is 13.1. The highest BCUT2D eigenvalue weighted by molar-refractivity contribution is 6.15. The Morgan fingerprint density at radius 3 is 2.59 bits per heavy atom. The molecule has 0 atom stereocenters. The standard InChI is InChI=1S/C19H21FN2/c1-22(2)13-12-21-19-15-7-4-3-6-14(15)10-11-16-17(19)8-5-9-18(16)20/h3-9H,10-13H2,1-2H3. The van der Waals surface area contributed by atoms with Crippen molar-refractivity contribution in [2.24, 2.45) is 4.99 Å². The van der Waals surface area contributed by atoms with E-state index in [1.165, 1.54) is 5.56 Å². The summed E-state index contributed by atoms with van der Waals surface area (Å²) < 4.78 is 14.2. The first-order chi connectivity index (χ1) is 10.7. The van der Waals surface area contributed by atoms with Crippen LogP contribution in [0.15, 0.2) is 47.5 Å². The topological polar surface area (TPSA) is 15.6 Å². The van der Waals surface area contributed by atoms with Gasteiger partial charge in [-0.05, 0) is 44.1 Å². The van der Waals surface area contributed by atoms with Gasteiger partial charge in [0.1, 0.15) is 5.82 Å². The maximum atomic E-state index is 14.2. The lowest BCUT2D eigenvalue weighted by atomic mass is 9.97. The number of halogens is 1. The Hall–Kier alpha value is -2.00. The first-order valence-corrected chi connectivity index (χ1v) is 7.72. The molecule has 0 unspecified atom stereocenters. The van der Waals surface area contributed by atoms with E-state index in [9.17, 15) is 4.39 Å². The molecular weight excluding hydrogens is 275 g/mol. The van der Waals surface area contributed by atoms with Crippen LogP contribution in [0.3, 0.4) is 0 Å². The predicted molar refractivity (Wildman–Crippen MR) is 89.3 cm³/mol. The molecule has 0 spiro atoms. The molecule has 1 aliphatic rings. The van der Waals surface area contributed by atoms with Gasteiger partial charge in [0.15, 0.2) is 0 Å². The van der Waals surface area contributed by atoms with E-state index >= 15 is 0 Å². The lowest BCUT2D eigenvalue weighted by molar-refractivity contribution is 0.420. The third-order valence-corrected chi connectivity index (χ3v) is 4.11. The lowest BCUT2D eigenvalue weighted by Crippen LogP contribution is -2.17. The summed E-state index contributed by atoms with van der Waals surface area (Å²) in [7, 11) is 4.07. The first-order valence-electron chi connectivity index (χ1n) is 7.72. The number of rotatable bonds is 3. The minimum absolute atomic E-state index is 0.120. The van der Waals surface area contributed by atoms with Gasteiger partial charge in [0.05, 0.1) is 12.3 Å². The minimum atomic E-state index is -0.120. The van der Waals surface area contributed by atoms with Gasteiger partial charge in [-0.3, -0.25) is 4.99 Å². The van der Waals surface area contributed by atoms with Gasteiger partial charge < -0.3 is 4.90 Å². The molecule has 2 nitrogen and oxygen atoms in total. The summed E-state index contributed by atoms with van der Waals surface area (Å²) in [4.78, 5) is 6.93. The van der Waals surface area contributed by atoms with E-state index in [1.807, 2.05) is 32.3 Å². The fraction of sp³-hybridized carbons (Fsp3) is 0.316. The van der Waals surface area contributed by atoms with Crippen molar-refractivity contribution in [3.8, 4) is 0 Å². The zero-order chi connectivity index (χ0) is 15.5. The Morgan fingerprint density at radius 2 is 1.77 bits per heavy atom. The number of nitrogens with zero attached hydrogens (tertiary/aromatic N) is 2. The number of aliphatic imine (C=N–C) groups is 1. The van der Waals surface area contributed by atoms with E-state index < -0.39 is 0 Å². The molecule has 0 radical (unpaired) electrons. The molecule has 1 aliphatic carbocycles. The highest BCUT2D eigenvalue weighted by atomic mass is 19.1. The molecular formula is C19H21FN2. The van der Waals surface area contributed by atoms with Gasteiger partial charge in [-0.25, -0.2) is 4.39 Å². The lowest BCUT2D eigenvalue weighted by Gasteiger charge is -2.12. The molecule has 114 valence electrons. The van der Waals surface area contributed by atoms with Gasteiger partial charge in [-0.1, -0.05) is 36.4 Å². The molecule has 0 aliphatic heterocycles. The SMILES string of the molecule is CN(C)CCN=C1c2ccccc2CCc2c(F)cccc21. The predicted octanol–water partition coefficient (Wildman–Crippen LogP) is 3.32. The molecule has 22 heavy (non-hydrogen) atoms. The Balaban J connectivity index is 2.11. The van der Waals surface area contributed by atoms with Gasteiger partial charge in [0, 0.05) is 17.7 Å².